The summed E-state index contributed by atoms with van der Waals surface area (Å²) < 4.78 is 67.8. The van der Waals surface area contributed by atoms with Gasteiger partial charge in [0.05, 0.1) is 18.8 Å². The smallest absolute Gasteiger partial charge is 0.415 e. The van der Waals surface area contributed by atoms with Crippen LogP contribution in [0.2, 0.25) is 0 Å². The molecule has 1 amide bonds. The van der Waals surface area contributed by atoms with Gasteiger partial charge in [0.1, 0.15) is 11.5 Å². The summed E-state index contributed by atoms with van der Waals surface area (Å²) in [5.74, 6) is -1.15. The molecule has 12 heteroatoms. The third-order valence-corrected chi connectivity index (χ3v) is 7.15. The van der Waals surface area contributed by atoms with Crippen LogP contribution in [0.5, 0.6) is 17.4 Å². The van der Waals surface area contributed by atoms with Gasteiger partial charge in [0, 0.05) is 36.5 Å². The molecule has 3 heterocycles. The van der Waals surface area contributed by atoms with Gasteiger partial charge < -0.3 is 9.47 Å². The molecule has 0 spiro atoms. The van der Waals surface area contributed by atoms with E-state index in [1.54, 1.807) is 12.1 Å². The Morgan fingerprint density at radius 2 is 1.94 bits per heavy atom. The number of rotatable bonds is 7. The number of ether oxygens (including phenoxy) is 2. The monoisotopic (exact) mass is 502 g/mol. The number of benzene rings is 2. The van der Waals surface area contributed by atoms with Gasteiger partial charge in [0.15, 0.2) is 11.6 Å². The molecular weight excluding hydrogens is 482 g/mol. The van der Waals surface area contributed by atoms with E-state index in [1.165, 1.54) is 51.8 Å². The summed E-state index contributed by atoms with van der Waals surface area (Å²) in [5.41, 5.74) is 0.567. The highest BCUT2D eigenvalue weighted by molar-refractivity contribution is 7.90. The summed E-state index contributed by atoms with van der Waals surface area (Å²) in [6.07, 6.45) is 1.43. The Morgan fingerprint density at radius 1 is 1.11 bits per heavy atom. The highest BCUT2D eigenvalue weighted by Gasteiger charge is 2.30. The Bertz CT molecular complexity index is 1400. The van der Waals surface area contributed by atoms with Crippen molar-refractivity contribution in [3.05, 3.63) is 77.5 Å². The number of fused-ring (bicyclic) bond motifs is 1. The molecule has 0 bridgehead atoms. The van der Waals surface area contributed by atoms with E-state index in [-0.39, 0.29) is 41.7 Å². The van der Waals surface area contributed by atoms with E-state index in [0.717, 1.165) is 6.42 Å². The van der Waals surface area contributed by atoms with E-state index in [4.69, 9.17) is 9.47 Å². The molecule has 2 aromatic carbocycles. The molecule has 0 aliphatic carbocycles. The fourth-order valence-corrected chi connectivity index (χ4v) is 4.95. The van der Waals surface area contributed by atoms with Crippen LogP contribution in [-0.2, 0) is 23.3 Å². The average molecular weight is 502 g/mol. The van der Waals surface area contributed by atoms with Crippen LogP contribution in [0.15, 0.2) is 54.7 Å². The van der Waals surface area contributed by atoms with Gasteiger partial charge in [-0.3, -0.25) is 9.62 Å². The van der Waals surface area contributed by atoms with E-state index >= 15 is 4.39 Å². The van der Waals surface area contributed by atoms with Crippen LogP contribution < -0.4 is 14.2 Å². The molecule has 182 valence electrons. The van der Waals surface area contributed by atoms with E-state index in [0.29, 0.717) is 18.7 Å². The molecule has 35 heavy (non-hydrogen) atoms. The Hall–Kier alpha value is -3.77. The molecular formula is C23H20F2N4O5S. The predicted molar refractivity (Wildman–Crippen MR) is 121 cm³/mol. The minimum Gasteiger partial charge on any atom is -0.436 e. The van der Waals surface area contributed by atoms with Crippen LogP contribution in [0.3, 0.4) is 0 Å². The van der Waals surface area contributed by atoms with E-state index in [1.807, 2.05) is 0 Å². The van der Waals surface area contributed by atoms with Gasteiger partial charge in [-0.1, -0.05) is 12.1 Å². The first-order valence-electron chi connectivity index (χ1n) is 10.7. The third kappa shape index (κ3) is 4.75. The third-order valence-electron chi connectivity index (χ3n) is 5.63. The molecule has 9 nitrogen and oxygen atoms in total. The van der Waals surface area contributed by atoms with Crippen LogP contribution in [0, 0.1) is 11.6 Å². The molecule has 5 rings (SSSR count). The average Bonchev–Trinajstić information content (AvgIpc) is 2.77. The zero-order valence-corrected chi connectivity index (χ0v) is 19.1. The lowest BCUT2D eigenvalue weighted by Crippen LogP contribution is -2.45. The molecule has 0 radical (unpaired) electrons. The van der Waals surface area contributed by atoms with Crippen molar-refractivity contribution in [1.82, 2.24) is 14.2 Å². The predicted octanol–water partition coefficient (Wildman–Crippen LogP) is 4.03. The van der Waals surface area contributed by atoms with Crippen LogP contribution in [0.4, 0.5) is 19.3 Å². The van der Waals surface area contributed by atoms with Gasteiger partial charge in [-0.2, -0.15) is 12.7 Å². The van der Waals surface area contributed by atoms with Crippen LogP contribution in [0.25, 0.3) is 0 Å². The fraction of sp³-hybridized carbons (Fsp3) is 0.217. The maximum absolute atomic E-state index is 15.1. The van der Waals surface area contributed by atoms with Gasteiger partial charge >= 0.3 is 16.3 Å². The number of carbonyl (C=O) groups excluding carboxylic acids is 1. The van der Waals surface area contributed by atoms with Crippen molar-refractivity contribution >= 4 is 22.0 Å². The molecule has 0 saturated carbocycles. The lowest BCUT2D eigenvalue weighted by atomic mass is 10.1. The first kappa shape index (κ1) is 23.0. The second-order valence-corrected chi connectivity index (χ2v) is 9.70. The first-order chi connectivity index (χ1) is 16.8. The van der Waals surface area contributed by atoms with Crippen molar-refractivity contribution in [2.24, 2.45) is 0 Å². The molecule has 2 aliphatic heterocycles. The van der Waals surface area contributed by atoms with E-state index in [2.05, 4.69) is 9.71 Å². The zero-order valence-electron chi connectivity index (χ0n) is 18.3. The number of nitrogens with one attached hydrogen (secondary N) is 1. The largest absolute Gasteiger partial charge is 0.436 e. The standard InChI is InChI=1S/C23H20F2N4O5S/c24-18-5-2-9-26-22(18)33-17-8-7-15-13-28(23(30)34-20(15)12-17)14-16-4-1-6-19(21(16)25)27-35(31,32)29-10-3-11-29/h1-2,4-9,12,27H,3,10-11,13-14H2. The van der Waals surface area contributed by atoms with Crippen LogP contribution in [0.1, 0.15) is 17.5 Å². The molecule has 3 aromatic rings. The van der Waals surface area contributed by atoms with Gasteiger partial charge in [-0.25, -0.2) is 18.6 Å². The zero-order chi connectivity index (χ0) is 24.6. The quantitative estimate of drug-likeness (QED) is 0.524. The second kappa shape index (κ2) is 9.12. The van der Waals surface area contributed by atoms with Crippen molar-refractivity contribution in [3.8, 4) is 17.4 Å². The maximum atomic E-state index is 15.1. The molecule has 1 saturated heterocycles. The van der Waals surface area contributed by atoms with Crippen molar-refractivity contribution in [3.63, 3.8) is 0 Å². The van der Waals surface area contributed by atoms with Gasteiger partial charge in [0.2, 0.25) is 0 Å². The van der Waals surface area contributed by atoms with E-state index < -0.39 is 27.9 Å². The molecule has 1 fully saturated rings. The molecule has 1 aromatic heterocycles. The minimum atomic E-state index is -3.83. The molecule has 2 aliphatic rings. The number of amides is 1. The number of hydrogen-bond acceptors (Lipinski definition) is 6. The van der Waals surface area contributed by atoms with Crippen molar-refractivity contribution in [2.75, 3.05) is 17.8 Å². The summed E-state index contributed by atoms with van der Waals surface area (Å²) in [6.45, 7) is 0.759. The Kier molecular flexibility index (Phi) is 5.99. The fourth-order valence-electron chi connectivity index (χ4n) is 3.65. The number of hydrogen-bond donors (Lipinski definition) is 1. The summed E-state index contributed by atoms with van der Waals surface area (Å²) in [4.78, 5) is 17.7. The van der Waals surface area contributed by atoms with E-state index in [9.17, 15) is 17.6 Å². The molecule has 0 atom stereocenters. The van der Waals surface area contributed by atoms with Crippen molar-refractivity contribution in [2.45, 2.75) is 19.5 Å². The summed E-state index contributed by atoms with van der Waals surface area (Å²) in [7, 11) is -3.83. The number of halogens is 2. The van der Waals surface area contributed by atoms with Crippen molar-refractivity contribution < 1.29 is 31.5 Å². The summed E-state index contributed by atoms with van der Waals surface area (Å²) in [5, 5.41) is 0. The lowest BCUT2D eigenvalue weighted by molar-refractivity contribution is 0.134. The number of carbonyl (C=O) groups is 1. The molecule has 0 unspecified atom stereocenters. The Balaban J connectivity index is 1.31. The second-order valence-electron chi connectivity index (χ2n) is 8.02. The molecule has 1 N–H and O–H groups in total. The van der Waals surface area contributed by atoms with Gasteiger partial charge in [-0.15, -0.1) is 0 Å². The highest BCUT2D eigenvalue weighted by Crippen LogP contribution is 2.33. The minimum absolute atomic E-state index is 0.121. The maximum Gasteiger partial charge on any atom is 0.415 e. The topological polar surface area (TPSA) is 101 Å². The number of anilines is 1. The number of nitrogens with zero attached hydrogens (tertiary/aromatic N) is 3. The highest BCUT2D eigenvalue weighted by atomic mass is 32.2. The number of aromatic nitrogens is 1. The SMILES string of the molecule is O=C1Oc2cc(Oc3ncccc3F)ccc2CN1Cc1cccc(NS(=O)(=O)N2CCC2)c1F. The summed E-state index contributed by atoms with van der Waals surface area (Å²) >= 11 is 0. The first-order valence-corrected chi connectivity index (χ1v) is 12.2. The summed E-state index contributed by atoms with van der Waals surface area (Å²) in [6, 6.07) is 11.6. The van der Waals surface area contributed by atoms with Crippen LogP contribution >= 0.6 is 0 Å². The normalized spacial score (nSPS) is 15.7. The van der Waals surface area contributed by atoms with Gasteiger partial charge in [0.25, 0.3) is 5.88 Å². The van der Waals surface area contributed by atoms with Crippen molar-refractivity contribution in [1.29, 1.82) is 0 Å². The van der Waals surface area contributed by atoms with Gasteiger partial charge in [-0.05, 0) is 36.8 Å². The Morgan fingerprint density at radius 3 is 2.69 bits per heavy atom. The lowest BCUT2D eigenvalue weighted by Gasteiger charge is -2.30. The number of pyridine rings is 1. The van der Waals surface area contributed by atoms with Crippen LogP contribution in [-0.4, -0.2) is 41.8 Å². The Labute approximate surface area is 200 Å².